The molecular formula is C13H9ClF2N2O2S. The maximum atomic E-state index is 13.9. The molecule has 0 saturated heterocycles. The van der Waals surface area contributed by atoms with E-state index in [0.29, 0.717) is 22.9 Å². The molecule has 110 valence electrons. The summed E-state index contributed by atoms with van der Waals surface area (Å²) < 4.78 is 27.6. The fraction of sp³-hybridized carbons (Fsp3) is 0.231. The first-order chi connectivity index (χ1) is 9.95. The third kappa shape index (κ3) is 2.58. The van der Waals surface area contributed by atoms with Crippen LogP contribution < -0.4 is 5.32 Å². The van der Waals surface area contributed by atoms with Crippen molar-refractivity contribution in [1.82, 2.24) is 0 Å². The van der Waals surface area contributed by atoms with Gasteiger partial charge in [0.2, 0.25) is 0 Å². The monoisotopic (exact) mass is 330 g/mol. The molecule has 0 bridgehead atoms. The van der Waals surface area contributed by atoms with Crippen LogP contribution in [0.1, 0.15) is 22.9 Å². The summed E-state index contributed by atoms with van der Waals surface area (Å²) >= 11 is 7.39. The molecule has 8 heteroatoms. The minimum absolute atomic E-state index is 0.262. The molecule has 1 unspecified atom stereocenters. The van der Waals surface area contributed by atoms with Crippen molar-refractivity contribution in [2.75, 3.05) is 5.32 Å². The summed E-state index contributed by atoms with van der Waals surface area (Å²) in [6.45, 7) is 0. The normalized spacial score (nSPS) is 16.8. The van der Waals surface area contributed by atoms with E-state index in [2.05, 4.69) is 5.32 Å². The van der Waals surface area contributed by atoms with Crippen molar-refractivity contribution < 1.29 is 13.7 Å². The number of nitro groups is 1. The number of thiophene rings is 1. The van der Waals surface area contributed by atoms with Gasteiger partial charge in [-0.25, -0.2) is 8.78 Å². The van der Waals surface area contributed by atoms with Gasteiger partial charge >= 0.3 is 0 Å². The summed E-state index contributed by atoms with van der Waals surface area (Å²) in [7, 11) is 0. The van der Waals surface area contributed by atoms with Crippen molar-refractivity contribution in [2.45, 2.75) is 18.9 Å². The number of rotatable bonds is 3. The number of anilines is 1. The second kappa shape index (κ2) is 5.23. The number of fused-ring (bicyclic) bond motifs is 1. The maximum absolute atomic E-state index is 13.9. The van der Waals surface area contributed by atoms with Crippen molar-refractivity contribution in [3.05, 3.63) is 54.7 Å². The van der Waals surface area contributed by atoms with E-state index in [4.69, 9.17) is 11.6 Å². The van der Waals surface area contributed by atoms with Crippen LogP contribution >= 0.6 is 22.9 Å². The average Bonchev–Trinajstić information content (AvgIpc) is 2.92. The van der Waals surface area contributed by atoms with Crippen molar-refractivity contribution in [3.8, 4) is 0 Å². The molecule has 2 aromatic rings. The molecule has 1 aliphatic rings. The van der Waals surface area contributed by atoms with Crippen molar-refractivity contribution >= 4 is 34.3 Å². The van der Waals surface area contributed by atoms with E-state index >= 15 is 0 Å². The van der Waals surface area contributed by atoms with Crippen molar-refractivity contribution in [3.63, 3.8) is 0 Å². The Hall–Kier alpha value is -1.73. The van der Waals surface area contributed by atoms with Crippen LogP contribution in [0.25, 0.3) is 0 Å². The molecule has 1 aliphatic carbocycles. The van der Waals surface area contributed by atoms with Gasteiger partial charge in [0.1, 0.15) is 11.5 Å². The summed E-state index contributed by atoms with van der Waals surface area (Å²) in [6.07, 6.45) is 1.47. The zero-order chi connectivity index (χ0) is 15.1. The van der Waals surface area contributed by atoms with Crippen molar-refractivity contribution in [2.24, 2.45) is 0 Å². The highest BCUT2D eigenvalue weighted by molar-refractivity contribution is 7.16. The number of aryl methyl sites for hydroxylation is 1. The van der Waals surface area contributed by atoms with Gasteiger partial charge in [-0.3, -0.25) is 10.1 Å². The highest BCUT2D eigenvalue weighted by Crippen LogP contribution is 2.42. The van der Waals surface area contributed by atoms with Gasteiger partial charge < -0.3 is 5.32 Å². The molecule has 3 rings (SSSR count). The second-order valence-electron chi connectivity index (χ2n) is 4.70. The summed E-state index contributed by atoms with van der Waals surface area (Å²) in [5.74, 6) is -1.95. The lowest BCUT2D eigenvalue weighted by Crippen LogP contribution is -2.10. The molecule has 1 atom stereocenters. The first-order valence-corrected chi connectivity index (χ1v) is 7.33. The van der Waals surface area contributed by atoms with Crippen LogP contribution in [0.4, 0.5) is 20.2 Å². The first-order valence-electron chi connectivity index (χ1n) is 6.14. The van der Waals surface area contributed by atoms with Gasteiger partial charge in [0.05, 0.1) is 21.4 Å². The first kappa shape index (κ1) is 14.2. The molecule has 0 saturated carbocycles. The van der Waals surface area contributed by atoms with E-state index in [9.17, 15) is 18.9 Å². The Balaban J connectivity index is 1.97. The smallest absolute Gasteiger partial charge is 0.298 e. The number of nitro benzene ring substituents is 1. The molecule has 0 aliphatic heterocycles. The number of benzene rings is 1. The van der Waals surface area contributed by atoms with Crippen LogP contribution in [0.5, 0.6) is 0 Å². The third-order valence-electron chi connectivity index (χ3n) is 3.40. The Morgan fingerprint density at radius 2 is 2.14 bits per heavy atom. The minimum atomic E-state index is -0.976. The zero-order valence-corrected chi connectivity index (χ0v) is 12.1. The van der Waals surface area contributed by atoms with Crippen LogP contribution in [-0.2, 0) is 6.42 Å². The van der Waals surface area contributed by atoms with Gasteiger partial charge in [-0.1, -0.05) is 11.6 Å². The molecule has 21 heavy (non-hydrogen) atoms. The van der Waals surface area contributed by atoms with E-state index in [0.717, 1.165) is 16.9 Å². The predicted molar refractivity (Wildman–Crippen MR) is 77.0 cm³/mol. The molecule has 1 heterocycles. The number of nitrogens with one attached hydrogen (secondary N) is 1. The van der Waals surface area contributed by atoms with Gasteiger partial charge in [-0.2, -0.15) is 0 Å². The van der Waals surface area contributed by atoms with Gasteiger partial charge in [0.25, 0.3) is 5.69 Å². The SMILES string of the molecule is O=[N+]([O-])c1cc(F)cc(F)c1NC1CCc2sc(Cl)cc21. The predicted octanol–water partition coefficient (Wildman–Crippen LogP) is 4.69. The quantitative estimate of drug-likeness (QED) is 0.656. The molecule has 1 aromatic heterocycles. The van der Waals surface area contributed by atoms with E-state index in [1.165, 1.54) is 11.3 Å². The van der Waals surface area contributed by atoms with Crippen molar-refractivity contribution in [1.29, 1.82) is 0 Å². The number of nitrogens with zero attached hydrogens (tertiary/aromatic N) is 1. The number of halogens is 3. The number of hydrogen-bond acceptors (Lipinski definition) is 4. The lowest BCUT2D eigenvalue weighted by molar-refractivity contribution is -0.384. The lowest BCUT2D eigenvalue weighted by atomic mass is 10.1. The van der Waals surface area contributed by atoms with Gasteiger partial charge in [-0.15, -0.1) is 11.3 Å². The molecule has 1 N–H and O–H groups in total. The molecule has 0 fully saturated rings. The summed E-state index contributed by atoms with van der Waals surface area (Å²) in [6, 6.07) is 2.86. The fourth-order valence-electron chi connectivity index (χ4n) is 2.50. The molecule has 4 nitrogen and oxygen atoms in total. The van der Waals surface area contributed by atoms with Gasteiger partial charge in [0.15, 0.2) is 5.82 Å². The molecule has 0 spiro atoms. The Labute approximate surface area is 127 Å². The van der Waals surface area contributed by atoms with Crippen LogP contribution in [0.3, 0.4) is 0 Å². The van der Waals surface area contributed by atoms with E-state index in [1.807, 2.05) is 0 Å². The summed E-state index contributed by atoms with van der Waals surface area (Å²) in [5.41, 5.74) is 0.0203. The Bertz CT molecular complexity index is 735. The van der Waals surface area contributed by atoms with E-state index < -0.39 is 22.2 Å². The van der Waals surface area contributed by atoms with E-state index in [-0.39, 0.29) is 11.7 Å². The van der Waals surface area contributed by atoms with Crippen LogP contribution in [-0.4, -0.2) is 4.92 Å². The zero-order valence-electron chi connectivity index (χ0n) is 10.5. The van der Waals surface area contributed by atoms with Crippen LogP contribution in [0, 0.1) is 21.7 Å². The molecular weight excluding hydrogens is 322 g/mol. The Morgan fingerprint density at radius 1 is 1.38 bits per heavy atom. The van der Waals surface area contributed by atoms with Gasteiger partial charge in [0, 0.05) is 10.9 Å². The minimum Gasteiger partial charge on any atom is -0.370 e. The van der Waals surface area contributed by atoms with Crippen LogP contribution in [0.15, 0.2) is 18.2 Å². The fourth-order valence-corrected chi connectivity index (χ4v) is 3.86. The number of hydrogen-bond donors (Lipinski definition) is 1. The molecule has 0 radical (unpaired) electrons. The topological polar surface area (TPSA) is 55.2 Å². The standard InChI is InChI=1S/C13H9ClF2N2O2S/c14-12-5-7-9(1-2-11(7)21-12)17-13-8(16)3-6(15)4-10(13)18(19)20/h3-5,9,17H,1-2H2. The Morgan fingerprint density at radius 3 is 2.86 bits per heavy atom. The highest BCUT2D eigenvalue weighted by Gasteiger charge is 2.29. The molecule has 0 amide bonds. The van der Waals surface area contributed by atoms with Gasteiger partial charge in [-0.05, 0) is 24.5 Å². The summed E-state index contributed by atoms with van der Waals surface area (Å²) in [4.78, 5) is 11.2. The average molecular weight is 331 g/mol. The Kier molecular flexibility index (Phi) is 3.54. The summed E-state index contributed by atoms with van der Waals surface area (Å²) in [5, 5.41) is 13.8. The van der Waals surface area contributed by atoms with Crippen LogP contribution in [0.2, 0.25) is 4.34 Å². The maximum Gasteiger partial charge on any atom is 0.298 e. The lowest BCUT2D eigenvalue weighted by Gasteiger charge is -2.15. The third-order valence-corrected chi connectivity index (χ3v) is 4.74. The molecule has 1 aromatic carbocycles. The highest BCUT2D eigenvalue weighted by atomic mass is 35.5. The second-order valence-corrected chi connectivity index (χ2v) is 6.47. The van der Waals surface area contributed by atoms with E-state index in [1.54, 1.807) is 6.07 Å². The largest absolute Gasteiger partial charge is 0.370 e.